The second-order valence-corrected chi connectivity index (χ2v) is 8.24. The first kappa shape index (κ1) is 14.8. The number of nitrogens with one attached hydrogen (secondary N) is 2. The number of imidazole rings is 1. The lowest BCUT2D eigenvalue weighted by molar-refractivity contribution is 0.242. The van der Waals surface area contributed by atoms with Crippen molar-refractivity contribution in [2.75, 3.05) is 16.8 Å². The van der Waals surface area contributed by atoms with Crippen molar-refractivity contribution in [3.05, 3.63) is 30.2 Å². The number of hydrogen-bond acceptors (Lipinski definition) is 4. The molecule has 1 unspecified atom stereocenters. The summed E-state index contributed by atoms with van der Waals surface area (Å²) >= 11 is 0. The van der Waals surface area contributed by atoms with Gasteiger partial charge in [0.05, 0.1) is 22.7 Å². The lowest BCUT2D eigenvalue weighted by atomic mass is 10.0. The second-order valence-electron chi connectivity index (χ2n) is 6.05. The molecule has 22 heavy (non-hydrogen) atoms. The molecule has 2 amide bonds. The summed E-state index contributed by atoms with van der Waals surface area (Å²) in [5, 5.41) is 5.52. The van der Waals surface area contributed by atoms with Gasteiger partial charge in [0.1, 0.15) is 5.65 Å². The van der Waals surface area contributed by atoms with Gasteiger partial charge in [-0.1, -0.05) is 0 Å². The number of carbonyl (C=O) groups is 1. The van der Waals surface area contributed by atoms with Gasteiger partial charge in [0.25, 0.3) is 0 Å². The Balaban J connectivity index is 1.73. The SMILES string of the molecule is Cc1cc(NC(=O)NC2(C)CCS(=O)(=O)C2)cn2ccnc12. The van der Waals surface area contributed by atoms with E-state index in [1.165, 1.54) is 0 Å². The molecule has 3 heterocycles. The van der Waals surface area contributed by atoms with Crippen LogP contribution in [0.3, 0.4) is 0 Å². The minimum atomic E-state index is -3.06. The van der Waals surface area contributed by atoms with E-state index in [9.17, 15) is 13.2 Å². The summed E-state index contributed by atoms with van der Waals surface area (Å²) < 4.78 is 25.0. The fourth-order valence-corrected chi connectivity index (χ4v) is 4.91. The van der Waals surface area contributed by atoms with E-state index in [1.807, 2.05) is 17.4 Å². The summed E-state index contributed by atoms with van der Waals surface area (Å²) in [6, 6.07) is 1.42. The molecule has 1 atom stereocenters. The maximum absolute atomic E-state index is 12.1. The molecule has 0 spiro atoms. The molecule has 1 fully saturated rings. The van der Waals surface area contributed by atoms with E-state index in [0.717, 1.165) is 11.2 Å². The Labute approximate surface area is 128 Å². The van der Waals surface area contributed by atoms with Crippen molar-refractivity contribution < 1.29 is 13.2 Å². The summed E-state index contributed by atoms with van der Waals surface area (Å²) in [5.74, 6) is 0.0941. The van der Waals surface area contributed by atoms with Gasteiger partial charge in [-0.3, -0.25) is 0 Å². The van der Waals surface area contributed by atoms with Crippen molar-refractivity contribution >= 4 is 27.2 Å². The fourth-order valence-electron chi connectivity index (χ4n) is 2.82. The molecule has 0 saturated carbocycles. The van der Waals surface area contributed by atoms with Gasteiger partial charge in [-0.2, -0.15) is 0 Å². The molecule has 1 aliphatic rings. The Bertz CT molecular complexity index is 843. The summed E-state index contributed by atoms with van der Waals surface area (Å²) in [5.41, 5.74) is 1.69. The molecule has 8 heteroatoms. The second kappa shape index (κ2) is 4.98. The Morgan fingerprint density at radius 1 is 1.45 bits per heavy atom. The summed E-state index contributed by atoms with van der Waals surface area (Å²) in [6.07, 6.45) is 5.69. The van der Waals surface area contributed by atoms with E-state index in [0.29, 0.717) is 12.1 Å². The van der Waals surface area contributed by atoms with Crippen LogP contribution in [0.25, 0.3) is 5.65 Å². The van der Waals surface area contributed by atoms with Crippen LogP contribution in [0.5, 0.6) is 0 Å². The highest BCUT2D eigenvalue weighted by molar-refractivity contribution is 7.91. The van der Waals surface area contributed by atoms with Crippen LogP contribution in [-0.2, 0) is 9.84 Å². The number of pyridine rings is 1. The number of aromatic nitrogens is 2. The molecule has 1 saturated heterocycles. The van der Waals surface area contributed by atoms with Gasteiger partial charge < -0.3 is 15.0 Å². The first-order valence-corrected chi connectivity index (χ1v) is 8.81. The first-order valence-electron chi connectivity index (χ1n) is 6.99. The summed E-state index contributed by atoms with van der Waals surface area (Å²) in [4.78, 5) is 16.3. The average Bonchev–Trinajstić information content (AvgIpc) is 2.93. The van der Waals surface area contributed by atoms with Crippen molar-refractivity contribution in [1.29, 1.82) is 0 Å². The van der Waals surface area contributed by atoms with E-state index in [4.69, 9.17) is 0 Å². The van der Waals surface area contributed by atoms with Crippen molar-refractivity contribution in [3.63, 3.8) is 0 Å². The molecule has 2 aromatic rings. The van der Waals surface area contributed by atoms with Gasteiger partial charge >= 0.3 is 6.03 Å². The van der Waals surface area contributed by atoms with Gasteiger partial charge in [-0.25, -0.2) is 18.2 Å². The van der Waals surface area contributed by atoms with E-state index in [1.54, 1.807) is 25.5 Å². The first-order chi connectivity index (χ1) is 10.3. The Morgan fingerprint density at radius 2 is 2.23 bits per heavy atom. The van der Waals surface area contributed by atoms with Gasteiger partial charge in [0, 0.05) is 18.6 Å². The number of aryl methyl sites for hydroxylation is 1. The van der Waals surface area contributed by atoms with Crippen LogP contribution in [0.15, 0.2) is 24.7 Å². The molecule has 0 aliphatic carbocycles. The zero-order chi connectivity index (χ0) is 16.0. The molecular formula is C14H18N4O3S. The highest BCUT2D eigenvalue weighted by Gasteiger charge is 2.39. The topological polar surface area (TPSA) is 92.6 Å². The van der Waals surface area contributed by atoms with E-state index < -0.39 is 21.4 Å². The van der Waals surface area contributed by atoms with Crippen LogP contribution in [0.1, 0.15) is 18.9 Å². The maximum Gasteiger partial charge on any atom is 0.319 e. The molecule has 1 aliphatic heterocycles. The third-order valence-electron chi connectivity index (χ3n) is 3.85. The van der Waals surface area contributed by atoms with Crippen molar-refractivity contribution in [1.82, 2.24) is 14.7 Å². The van der Waals surface area contributed by atoms with Crippen LogP contribution >= 0.6 is 0 Å². The molecule has 2 aromatic heterocycles. The monoisotopic (exact) mass is 322 g/mol. The van der Waals surface area contributed by atoms with Crippen molar-refractivity contribution in [2.24, 2.45) is 0 Å². The lowest BCUT2D eigenvalue weighted by Gasteiger charge is -2.24. The maximum atomic E-state index is 12.1. The lowest BCUT2D eigenvalue weighted by Crippen LogP contribution is -2.48. The highest BCUT2D eigenvalue weighted by Crippen LogP contribution is 2.23. The van der Waals surface area contributed by atoms with Gasteiger partial charge in [-0.05, 0) is 31.9 Å². The van der Waals surface area contributed by atoms with Gasteiger partial charge in [-0.15, -0.1) is 0 Å². The van der Waals surface area contributed by atoms with Crippen LogP contribution in [-0.4, -0.2) is 40.9 Å². The third-order valence-corrected chi connectivity index (χ3v) is 5.75. The number of hydrogen-bond donors (Lipinski definition) is 2. The smallest absolute Gasteiger partial charge is 0.319 e. The Hall–Kier alpha value is -2.09. The molecule has 118 valence electrons. The number of carbonyl (C=O) groups excluding carboxylic acids is 1. The van der Waals surface area contributed by atoms with Crippen LogP contribution in [0.2, 0.25) is 0 Å². The van der Waals surface area contributed by atoms with E-state index in [2.05, 4.69) is 15.6 Å². The molecule has 0 bridgehead atoms. The van der Waals surface area contributed by atoms with Crippen LogP contribution in [0, 0.1) is 6.92 Å². The fraction of sp³-hybridized carbons (Fsp3) is 0.429. The minimum absolute atomic E-state index is 0.0208. The highest BCUT2D eigenvalue weighted by atomic mass is 32.2. The normalized spacial score (nSPS) is 23.5. The number of sulfone groups is 1. The quantitative estimate of drug-likeness (QED) is 0.872. The molecule has 0 radical (unpaired) electrons. The Morgan fingerprint density at radius 3 is 2.91 bits per heavy atom. The number of anilines is 1. The summed E-state index contributed by atoms with van der Waals surface area (Å²) in [6.45, 7) is 3.66. The van der Waals surface area contributed by atoms with Gasteiger partial charge in [0.2, 0.25) is 0 Å². The largest absolute Gasteiger partial charge is 0.332 e. The number of rotatable bonds is 2. The predicted octanol–water partition coefficient (Wildman–Crippen LogP) is 1.34. The molecule has 7 nitrogen and oxygen atoms in total. The van der Waals surface area contributed by atoms with Crippen LogP contribution < -0.4 is 10.6 Å². The molecule has 0 aromatic carbocycles. The number of nitrogens with zero attached hydrogens (tertiary/aromatic N) is 2. The predicted molar refractivity (Wildman–Crippen MR) is 83.8 cm³/mol. The summed E-state index contributed by atoms with van der Waals surface area (Å²) in [7, 11) is -3.06. The van der Waals surface area contributed by atoms with E-state index >= 15 is 0 Å². The Kier molecular flexibility index (Phi) is 3.36. The zero-order valence-electron chi connectivity index (χ0n) is 12.5. The average molecular weight is 322 g/mol. The number of amides is 2. The van der Waals surface area contributed by atoms with Crippen molar-refractivity contribution in [2.45, 2.75) is 25.8 Å². The van der Waals surface area contributed by atoms with Crippen LogP contribution in [0.4, 0.5) is 10.5 Å². The zero-order valence-corrected chi connectivity index (χ0v) is 13.3. The minimum Gasteiger partial charge on any atom is -0.332 e. The number of fused-ring (bicyclic) bond motifs is 1. The van der Waals surface area contributed by atoms with Crippen molar-refractivity contribution in [3.8, 4) is 0 Å². The number of urea groups is 1. The molecule has 2 N–H and O–H groups in total. The standard InChI is InChI=1S/C14H18N4O3S/c1-10-7-11(8-18-5-4-15-12(10)18)16-13(19)17-14(2)3-6-22(20,21)9-14/h4-5,7-8H,3,6,9H2,1-2H3,(H2,16,17,19). The van der Waals surface area contributed by atoms with Gasteiger partial charge in [0.15, 0.2) is 9.84 Å². The molecular weight excluding hydrogens is 304 g/mol. The third kappa shape index (κ3) is 2.92. The van der Waals surface area contributed by atoms with E-state index in [-0.39, 0.29) is 11.5 Å². The molecule has 3 rings (SSSR count).